The summed E-state index contributed by atoms with van der Waals surface area (Å²) in [7, 11) is 0. The molecule has 1 aliphatic heterocycles. The van der Waals surface area contributed by atoms with Crippen LogP contribution in [0.4, 0.5) is 0 Å². The average Bonchev–Trinajstić information content (AvgIpc) is 2.64. The van der Waals surface area contributed by atoms with Crippen LogP contribution in [-0.2, 0) is 0 Å². The van der Waals surface area contributed by atoms with Crippen LogP contribution in [0.25, 0.3) is 0 Å². The maximum Gasteiger partial charge on any atom is 0.192 e. The summed E-state index contributed by atoms with van der Waals surface area (Å²) < 4.78 is 0. The second-order valence-corrected chi connectivity index (χ2v) is 5.20. The van der Waals surface area contributed by atoms with E-state index in [0.717, 1.165) is 5.56 Å². The van der Waals surface area contributed by atoms with E-state index in [-0.39, 0.29) is 6.04 Å². The van der Waals surface area contributed by atoms with Crippen LogP contribution >= 0.6 is 23.2 Å². The van der Waals surface area contributed by atoms with E-state index in [2.05, 4.69) is 23.7 Å². The summed E-state index contributed by atoms with van der Waals surface area (Å²) in [5.41, 5.74) is 6.99. The lowest BCUT2D eigenvalue weighted by Gasteiger charge is -2.30. The number of hydrogen-bond donors (Lipinski definition) is 1. The lowest BCUT2D eigenvalue weighted by atomic mass is 10.1. The average molecular weight is 272 g/mol. The van der Waals surface area contributed by atoms with Crippen LogP contribution in [0.1, 0.15) is 25.5 Å². The van der Waals surface area contributed by atoms with Crippen LogP contribution in [0.3, 0.4) is 0 Å². The maximum atomic E-state index is 6.04. The molecule has 1 heterocycles. The van der Waals surface area contributed by atoms with E-state index in [0.29, 0.717) is 28.6 Å². The number of nitrogens with two attached hydrogens (primary N) is 1. The quantitative estimate of drug-likeness (QED) is 0.898. The van der Waals surface area contributed by atoms with Crippen molar-refractivity contribution in [2.45, 2.75) is 25.9 Å². The smallest absolute Gasteiger partial charge is 0.192 e. The van der Waals surface area contributed by atoms with Gasteiger partial charge >= 0.3 is 0 Å². The van der Waals surface area contributed by atoms with Gasteiger partial charge in [-0.3, -0.25) is 4.99 Å². The van der Waals surface area contributed by atoms with Crippen LogP contribution in [0.2, 0.25) is 10.0 Å². The highest BCUT2D eigenvalue weighted by Gasteiger charge is 2.29. The summed E-state index contributed by atoms with van der Waals surface area (Å²) in [4.78, 5) is 6.39. The van der Waals surface area contributed by atoms with Crippen LogP contribution < -0.4 is 5.73 Å². The Morgan fingerprint density at radius 2 is 2.06 bits per heavy atom. The fourth-order valence-electron chi connectivity index (χ4n) is 2.12. The Labute approximate surface area is 111 Å². The zero-order valence-electron chi connectivity index (χ0n) is 9.82. The molecule has 2 N–H and O–H groups in total. The van der Waals surface area contributed by atoms with Gasteiger partial charge in [0.15, 0.2) is 5.96 Å². The molecule has 1 aromatic rings. The minimum Gasteiger partial charge on any atom is -0.370 e. The first-order chi connectivity index (χ1) is 8.00. The Kier molecular flexibility index (Phi) is 3.50. The largest absolute Gasteiger partial charge is 0.370 e. The highest BCUT2D eigenvalue weighted by Crippen LogP contribution is 2.31. The van der Waals surface area contributed by atoms with Gasteiger partial charge in [0.25, 0.3) is 0 Å². The lowest BCUT2D eigenvalue weighted by Crippen LogP contribution is -2.40. The summed E-state index contributed by atoms with van der Waals surface area (Å²) in [5.74, 6) is 0.594. The van der Waals surface area contributed by atoms with Crippen molar-refractivity contribution >= 4 is 29.2 Å². The van der Waals surface area contributed by atoms with E-state index in [4.69, 9.17) is 28.9 Å². The van der Waals surface area contributed by atoms with Crippen molar-refractivity contribution < 1.29 is 0 Å². The molecule has 1 atom stereocenters. The Bertz CT molecular complexity index is 457. The molecule has 17 heavy (non-hydrogen) atoms. The van der Waals surface area contributed by atoms with Crippen LogP contribution in [-0.4, -0.2) is 23.4 Å². The monoisotopic (exact) mass is 271 g/mol. The molecule has 0 saturated heterocycles. The van der Waals surface area contributed by atoms with Crippen LogP contribution in [0, 0.1) is 0 Å². The predicted octanol–water partition coefficient (Wildman–Crippen LogP) is 3.07. The summed E-state index contributed by atoms with van der Waals surface area (Å²) in [6, 6.07) is 6.14. The predicted molar refractivity (Wildman–Crippen MR) is 72.7 cm³/mol. The van der Waals surface area contributed by atoms with Crippen molar-refractivity contribution in [3.05, 3.63) is 33.8 Å². The van der Waals surface area contributed by atoms with Crippen molar-refractivity contribution in [2.75, 3.05) is 6.54 Å². The normalized spacial score (nSPS) is 19.9. The molecule has 0 spiro atoms. The number of halogens is 2. The minimum absolute atomic E-state index is 0.157. The standard InChI is InChI=1S/C12H15Cl2N3/c1-7(2)17-11(6-16-12(17)15)8-3-4-9(13)10(14)5-8/h3-5,7,11H,6H2,1-2H3,(H2,15,16). The van der Waals surface area contributed by atoms with Crippen molar-refractivity contribution in [2.24, 2.45) is 10.7 Å². The number of guanidine groups is 1. The molecule has 0 saturated carbocycles. The third kappa shape index (κ3) is 2.35. The molecule has 0 bridgehead atoms. The Hall–Kier alpha value is -0.930. The van der Waals surface area contributed by atoms with E-state index >= 15 is 0 Å². The first-order valence-electron chi connectivity index (χ1n) is 5.54. The molecule has 0 radical (unpaired) electrons. The molecule has 92 valence electrons. The zero-order valence-corrected chi connectivity index (χ0v) is 11.3. The van der Waals surface area contributed by atoms with Gasteiger partial charge in [0, 0.05) is 6.04 Å². The third-order valence-corrected chi connectivity index (χ3v) is 3.65. The van der Waals surface area contributed by atoms with E-state index in [1.54, 1.807) is 0 Å². The first-order valence-corrected chi connectivity index (χ1v) is 6.29. The molecule has 1 aromatic carbocycles. The summed E-state index contributed by atoms with van der Waals surface area (Å²) in [6.45, 7) is 4.86. The van der Waals surface area contributed by atoms with Gasteiger partial charge in [-0.2, -0.15) is 0 Å². The molecule has 2 rings (SSSR count). The molecular formula is C12H15Cl2N3. The van der Waals surface area contributed by atoms with Crippen LogP contribution in [0.15, 0.2) is 23.2 Å². The molecule has 1 unspecified atom stereocenters. The van der Waals surface area contributed by atoms with Gasteiger partial charge in [-0.1, -0.05) is 29.3 Å². The molecule has 5 heteroatoms. The molecule has 0 fully saturated rings. The van der Waals surface area contributed by atoms with E-state index in [1.165, 1.54) is 0 Å². The fourth-order valence-corrected chi connectivity index (χ4v) is 2.43. The minimum atomic E-state index is 0.157. The number of aliphatic imine (C=N–C) groups is 1. The Morgan fingerprint density at radius 1 is 1.35 bits per heavy atom. The molecule has 3 nitrogen and oxygen atoms in total. The van der Waals surface area contributed by atoms with Gasteiger partial charge in [0.1, 0.15) is 0 Å². The van der Waals surface area contributed by atoms with Gasteiger partial charge in [-0.15, -0.1) is 0 Å². The van der Waals surface area contributed by atoms with Crippen molar-refractivity contribution in [1.82, 2.24) is 4.90 Å². The molecule has 0 aromatic heterocycles. The zero-order chi connectivity index (χ0) is 12.6. The Balaban J connectivity index is 2.31. The van der Waals surface area contributed by atoms with E-state index in [1.807, 2.05) is 18.2 Å². The molecule has 1 aliphatic rings. The van der Waals surface area contributed by atoms with Gasteiger partial charge in [-0.25, -0.2) is 0 Å². The highest BCUT2D eigenvalue weighted by atomic mass is 35.5. The van der Waals surface area contributed by atoms with Gasteiger partial charge in [0.05, 0.1) is 22.6 Å². The highest BCUT2D eigenvalue weighted by molar-refractivity contribution is 6.42. The Morgan fingerprint density at radius 3 is 2.65 bits per heavy atom. The summed E-state index contributed by atoms with van der Waals surface area (Å²) in [6.07, 6.45) is 0. The second kappa shape index (κ2) is 4.75. The molecule has 0 aliphatic carbocycles. The van der Waals surface area contributed by atoms with Crippen molar-refractivity contribution in [1.29, 1.82) is 0 Å². The number of benzene rings is 1. The summed E-state index contributed by atoms with van der Waals surface area (Å²) in [5, 5.41) is 1.14. The van der Waals surface area contributed by atoms with E-state index < -0.39 is 0 Å². The first kappa shape index (κ1) is 12.5. The SMILES string of the molecule is CC(C)N1C(N)=NCC1c1ccc(Cl)c(Cl)c1. The fraction of sp³-hybridized carbons (Fsp3) is 0.417. The van der Waals surface area contributed by atoms with Crippen LogP contribution in [0.5, 0.6) is 0 Å². The van der Waals surface area contributed by atoms with E-state index in [9.17, 15) is 0 Å². The van der Waals surface area contributed by atoms with Crippen molar-refractivity contribution in [3.63, 3.8) is 0 Å². The van der Waals surface area contributed by atoms with Gasteiger partial charge in [-0.05, 0) is 31.5 Å². The number of hydrogen-bond acceptors (Lipinski definition) is 3. The topological polar surface area (TPSA) is 41.6 Å². The number of rotatable bonds is 2. The maximum absolute atomic E-state index is 6.04. The molecule has 0 amide bonds. The summed E-state index contributed by atoms with van der Waals surface area (Å²) >= 11 is 12.0. The molecular weight excluding hydrogens is 257 g/mol. The third-order valence-electron chi connectivity index (χ3n) is 2.91. The lowest BCUT2D eigenvalue weighted by molar-refractivity contribution is 0.290. The van der Waals surface area contributed by atoms with Gasteiger partial charge < -0.3 is 10.6 Å². The van der Waals surface area contributed by atoms with Crippen molar-refractivity contribution in [3.8, 4) is 0 Å². The number of nitrogens with zero attached hydrogens (tertiary/aromatic N) is 2. The van der Waals surface area contributed by atoms with Gasteiger partial charge in [0.2, 0.25) is 0 Å². The second-order valence-electron chi connectivity index (χ2n) is 4.39.